The number of rotatable bonds is 8. The van der Waals surface area contributed by atoms with Crippen molar-refractivity contribution in [3.05, 3.63) is 24.3 Å². The van der Waals surface area contributed by atoms with Gasteiger partial charge in [0.1, 0.15) is 0 Å². The highest BCUT2D eigenvalue weighted by molar-refractivity contribution is 7.99. The maximum atomic E-state index is 11.8. The standard InChI is InChI=1S/C18H27N5OS/c1-6-22(7-2)15-11-9-14(10-12-15)17-19-20-18(23(17)8-3)25-13-16(24)21(4)5/h9-12H,6-8,13H2,1-5H3. The Hall–Kier alpha value is -2.02. The Labute approximate surface area is 154 Å². The van der Waals surface area contributed by atoms with Crippen molar-refractivity contribution in [3.63, 3.8) is 0 Å². The third-order valence-corrected chi connectivity index (χ3v) is 5.06. The Morgan fingerprint density at radius 3 is 2.24 bits per heavy atom. The fourth-order valence-corrected chi connectivity index (χ4v) is 3.54. The molecule has 0 spiro atoms. The molecule has 0 aliphatic rings. The van der Waals surface area contributed by atoms with E-state index in [4.69, 9.17) is 0 Å². The molecule has 25 heavy (non-hydrogen) atoms. The third kappa shape index (κ3) is 4.54. The van der Waals surface area contributed by atoms with Crippen molar-refractivity contribution in [1.82, 2.24) is 19.7 Å². The molecule has 2 aromatic rings. The maximum Gasteiger partial charge on any atom is 0.232 e. The van der Waals surface area contributed by atoms with Crippen LogP contribution in [0.2, 0.25) is 0 Å². The fourth-order valence-electron chi connectivity index (χ4n) is 2.56. The monoisotopic (exact) mass is 361 g/mol. The molecule has 1 amide bonds. The van der Waals surface area contributed by atoms with E-state index in [0.717, 1.165) is 36.2 Å². The SMILES string of the molecule is CCN(CC)c1ccc(-c2nnc(SCC(=O)N(C)C)n2CC)cc1. The van der Waals surface area contributed by atoms with E-state index in [1.54, 1.807) is 19.0 Å². The van der Waals surface area contributed by atoms with Crippen molar-refractivity contribution < 1.29 is 4.79 Å². The topological polar surface area (TPSA) is 54.3 Å². The second-order valence-corrected chi connectivity index (χ2v) is 6.79. The molecule has 1 heterocycles. The lowest BCUT2D eigenvalue weighted by Crippen LogP contribution is -2.23. The minimum atomic E-state index is 0.0702. The number of anilines is 1. The summed E-state index contributed by atoms with van der Waals surface area (Å²) in [5.41, 5.74) is 2.25. The molecule has 0 fully saturated rings. The number of benzene rings is 1. The summed E-state index contributed by atoms with van der Waals surface area (Å²) in [6.45, 7) is 9.12. The van der Waals surface area contributed by atoms with Gasteiger partial charge in [-0.3, -0.25) is 4.79 Å². The van der Waals surface area contributed by atoms with E-state index in [2.05, 4.69) is 64.7 Å². The lowest BCUT2D eigenvalue weighted by atomic mass is 10.2. The quantitative estimate of drug-likeness (QED) is 0.677. The van der Waals surface area contributed by atoms with Gasteiger partial charge in [-0.25, -0.2) is 0 Å². The number of hydrogen-bond donors (Lipinski definition) is 0. The molecule has 0 bridgehead atoms. The van der Waals surface area contributed by atoms with E-state index >= 15 is 0 Å². The molecule has 7 heteroatoms. The van der Waals surface area contributed by atoms with Crippen LogP contribution in [0.5, 0.6) is 0 Å². The second kappa shape index (κ2) is 8.89. The predicted molar refractivity (Wildman–Crippen MR) is 104 cm³/mol. The molecule has 1 aromatic carbocycles. The van der Waals surface area contributed by atoms with Crippen molar-refractivity contribution >= 4 is 23.4 Å². The number of carbonyl (C=O) groups is 1. The molecule has 0 radical (unpaired) electrons. The van der Waals surface area contributed by atoms with Gasteiger partial charge in [0.15, 0.2) is 11.0 Å². The van der Waals surface area contributed by atoms with Crippen LogP contribution in [0.15, 0.2) is 29.4 Å². The molecule has 0 unspecified atom stereocenters. The molecule has 6 nitrogen and oxygen atoms in total. The largest absolute Gasteiger partial charge is 0.372 e. The van der Waals surface area contributed by atoms with Gasteiger partial charge in [-0.05, 0) is 45.0 Å². The molecule has 136 valence electrons. The Kier molecular flexibility index (Phi) is 6.87. The molecular weight excluding hydrogens is 334 g/mol. The Morgan fingerprint density at radius 2 is 1.72 bits per heavy atom. The number of aromatic nitrogens is 3. The van der Waals surface area contributed by atoms with E-state index in [0.29, 0.717) is 5.75 Å². The van der Waals surface area contributed by atoms with Crippen molar-refractivity contribution in [2.75, 3.05) is 37.8 Å². The summed E-state index contributed by atoms with van der Waals surface area (Å²) < 4.78 is 2.06. The molecule has 0 saturated carbocycles. The minimum absolute atomic E-state index is 0.0702. The summed E-state index contributed by atoms with van der Waals surface area (Å²) in [4.78, 5) is 15.7. The van der Waals surface area contributed by atoms with Crippen LogP contribution in [0, 0.1) is 0 Å². The fraction of sp³-hybridized carbons (Fsp3) is 0.500. The van der Waals surface area contributed by atoms with E-state index < -0.39 is 0 Å². The Balaban J connectivity index is 2.21. The smallest absolute Gasteiger partial charge is 0.232 e. The zero-order valence-corrected chi connectivity index (χ0v) is 16.5. The average Bonchev–Trinajstić information content (AvgIpc) is 3.04. The van der Waals surface area contributed by atoms with Gasteiger partial charge in [0.25, 0.3) is 0 Å². The lowest BCUT2D eigenvalue weighted by Gasteiger charge is -2.21. The average molecular weight is 362 g/mol. The van der Waals surface area contributed by atoms with Crippen molar-refractivity contribution in [1.29, 1.82) is 0 Å². The first-order valence-electron chi connectivity index (χ1n) is 8.63. The van der Waals surface area contributed by atoms with Gasteiger partial charge in [-0.2, -0.15) is 0 Å². The van der Waals surface area contributed by atoms with Crippen LogP contribution in [0.3, 0.4) is 0 Å². The van der Waals surface area contributed by atoms with Gasteiger partial charge in [0, 0.05) is 45.0 Å². The number of carbonyl (C=O) groups excluding carboxylic acids is 1. The summed E-state index contributed by atoms with van der Waals surface area (Å²) >= 11 is 1.43. The zero-order valence-electron chi connectivity index (χ0n) is 15.7. The van der Waals surface area contributed by atoms with Gasteiger partial charge in [0.2, 0.25) is 5.91 Å². The van der Waals surface area contributed by atoms with E-state index in [-0.39, 0.29) is 5.91 Å². The third-order valence-electron chi connectivity index (χ3n) is 4.11. The van der Waals surface area contributed by atoms with Crippen molar-refractivity contribution in [2.24, 2.45) is 0 Å². The van der Waals surface area contributed by atoms with Crippen LogP contribution in [-0.2, 0) is 11.3 Å². The summed E-state index contributed by atoms with van der Waals surface area (Å²) in [6.07, 6.45) is 0. The summed E-state index contributed by atoms with van der Waals surface area (Å²) in [5.74, 6) is 1.28. The van der Waals surface area contributed by atoms with Gasteiger partial charge >= 0.3 is 0 Å². The van der Waals surface area contributed by atoms with Gasteiger partial charge < -0.3 is 14.4 Å². The highest BCUT2D eigenvalue weighted by Gasteiger charge is 2.15. The van der Waals surface area contributed by atoms with Crippen LogP contribution < -0.4 is 4.90 Å². The number of amides is 1. The van der Waals surface area contributed by atoms with Gasteiger partial charge in [-0.1, -0.05) is 11.8 Å². The highest BCUT2D eigenvalue weighted by atomic mass is 32.2. The first kappa shape index (κ1) is 19.3. The van der Waals surface area contributed by atoms with Crippen LogP contribution in [-0.4, -0.2) is 58.5 Å². The van der Waals surface area contributed by atoms with E-state index in [9.17, 15) is 4.79 Å². The van der Waals surface area contributed by atoms with Gasteiger partial charge in [-0.15, -0.1) is 10.2 Å². The summed E-state index contributed by atoms with van der Waals surface area (Å²) in [5, 5.41) is 9.41. The zero-order chi connectivity index (χ0) is 18.4. The molecule has 2 rings (SSSR count). The van der Waals surface area contributed by atoms with Crippen LogP contribution in [0.4, 0.5) is 5.69 Å². The molecule has 0 aliphatic heterocycles. The van der Waals surface area contributed by atoms with Crippen molar-refractivity contribution in [3.8, 4) is 11.4 Å². The van der Waals surface area contributed by atoms with Crippen LogP contribution >= 0.6 is 11.8 Å². The Morgan fingerprint density at radius 1 is 1.08 bits per heavy atom. The van der Waals surface area contributed by atoms with E-state index in [1.807, 2.05) is 0 Å². The normalized spacial score (nSPS) is 10.8. The van der Waals surface area contributed by atoms with Crippen LogP contribution in [0.25, 0.3) is 11.4 Å². The van der Waals surface area contributed by atoms with Gasteiger partial charge in [0.05, 0.1) is 5.75 Å². The Bertz CT molecular complexity index is 692. The molecule has 0 saturated heterocycles. The maximum absolute atomic E-state index is 11.8. The van der Waals surface area contributed by atoms with E-state index in [1.165, 1.54) is 17.4 Å². The van der Waals surface area contributed by atoms with Crippen molar-refractivity contribution in [2.45, 2.75) is 32.5 Å². The second-order valence-electron chi connectivity index (χ2n) is 5.85. The molecule has 0 atom stereocenters. The minimum Gasteiger partial charge on any atom is -0.372 e. The first-order chi connectivity index (χ1) is 12.0. The molecule has 1 aromatic heterocycles. The molecule has 0 N–H and O–H groups in total. The predicted octanol–water partition coefficient (Wildman–Crippen LogP) is 2.99. The number of hydrogen-bond acceptors (Lipinski definition) is 5. The van der Waals surface area contributed by atoms with Crippen LogP contribution in [0.1, 0.15) is 20.8 Å². The summed E-state index contributed by atoms with van der Waals surface area (Å²) in [7, 11) is 3.52. The summed E-state index contributed by atoms with van der Waals surface area (Å²) in [6, 6.07) is 8.42. The molecule has 0 aliphatic carbocycles. The molecular formula is C18H27N5OS. The lowest BCUT2D eigenvalue weighted by molar-refractivity contribution is -0.125. The first-order valence-corrected chi connectivity index (χ1v) is 9.61. The highest BCUT2D eigenvalue weighted by Crippen LogP contribution is 2.26. The number of thioether (sulfide) groups is 1. The number of nitrogens with zero attached hydrogens (tertiary/aromatic N) is 5.